The number of hydrogen-bond donors (Lipinski definition) is 1. The number of imidazole rings is 1. The number of aromatic nitrogens is 4. The number of rotatable bonds is 6. The van der Waals surface area contributed by atoms with Crippen molar-refractivity contribution in [3.63, 3.8) is 0 Å². The summed E-state index contributed by atoms with van der Waals surface area (Å²) in [7, 11) is 1.64. The molecule has 0 saturated carbocycles. The molecule has 0 radical (unpaired) electrons. The van der Waals surface area contributed by atoms with Crippen LogP contribution in [0.3, 0.4) is 0 Å². The minimum atomic E-state index is 0.447. The van der Waals surface area contributed by atoms with Gasteiger partial charge in [0.1, 0.15) is 11.4 Å². The highest BCUT2D eigenvalue weighted by molar-refractivity contribution is 5.83. The third-order valence-corrected chi connectivity index (χ3v) is 4.36. The summed E-state index contributed by atoms with van der Waals surface area (Å²) in [6.45, 7) is 0.447. The summed E-state index contributed by atoms with van der Waals surface area (Å²) in [6, 6.07) is 15.9. The van der Waals surface area contributed by atoms with Gasteiger partial charge in [0.05, 0.1) is 18.1 Å². The number of H-pyrrole nitrogens is 1. The predicted octanol–water partition coefficient (Wildman–Crippen LogP) is 4.28. The van der Waals surface area contributed by atoms with Gasteiger partial charge in [0.25, 0.3) is 0 Å². The Labute approximate surface area is 155 Å². The number of ether oxygens (including phenoxy) is 1. The van der Waals surface area contributed by atoms with Crippen molar-refractivity contribution in [2.75, 3.05) is 13.7 Å². The number of nitrogens with zero attached hydrogens (tertiary/aromatic N) is 6. The number of methoxy groups -OCH3 is 1. The lowest BCUT2D eigenvalue weighted by Crippen LogP contribution is -1.99. The Morgan fingerprint density at radius 2 is 2.04 bits per heavy atom. The summed E-state index contributed by atoms with van der Waals surface area (Å²) in [5.74, 6) is 1.54. The molecule has 0 atom stereocenters. The van der Waals surface area contributed by atoms with Crippen molar-refractivity contribution >= 4 is 11.0 Å². The molecule has 8 heteroatoms. The first-order chi connectivity index (χ1) is 13.3. The molecule has 2 aromatic heterocycles. The van der Waals surface area contributed by atoms with E-state index in [4.69, 9.17) is 15.3 Å². The van der Waals surface area contributed by atoms with E-state index in [2.05, 4.69) is 24.8 Å². The molecular formula is C19H17N7O. The van der Waals surface area contributed by atoms with Crippen LogP contribution >= 0.6 is 0 Å². The van der Waals surface area contributed by atoms with E-state index in [0.717, 1.165) is 39.6 Å². The number of aromatic amines is 1. The Morgan fingerprint density at radius 1 is 1.19 bits per heavy atom. The fourth-order valence-corrected chi connectivity index (χ4v) is 3.05. The molecule has 0 bridgehead atoms. The van der Waals surface area contributed by atoms with Gasteiger partial charge in [-0.1, -0.05) is 17.2 Å². The average Bonchev–Trinajstić information content (AvgIpc) is 3.36. The maximum Gasteiger partial charge on any atom is 0.163 e. The van der Waals surface area contributed by atoms with Crippen LogP contribution < -0.4 is 4.74 Å². The van der Waals surface area contributed by atoms with E-state index in [-0.39, 0.29) is 0 Å². The molecule has 0 amide bonds. The molecule has 0 spiro atoms. The van der Waals surface area contributed by atoms with Crippen molar-refractivity contribution in [2.45, 2.75) is 6.42 Å². The van der Waals surface area contributed by atoms with Gasteiger partial charge in [-0.2, -0.15) is 5.10 Å². The topological polar surface area (TPSA) is 104 Å². The average molecular weight is 359 g/mol. The molecule has 0 aliphatic rings. The van der Waals surface area contributed by atoms with Gasteiger partial charge in [-0.05, 0) is 47.8 Å². The second-order valence-corrected chi connectivity index (χ2v) is 5.97. The summed E-state index contributed by atoms with van der Waals surface area (Å²) in [5, 5.41) is 10.6. The Bertz CT molecular complexity index is 1110. The molecule has 1 N–H and O–H groups in total. The Hall–Kier alpha value is -3.77. The van der Waals surface area contributed by atoms with Crippen LogP contribution in [0.4, 0.5) is 0 Å². The molecule has 4 aromatic rings. The van der Waals surface area contributed by atoms with Crippen molar-refractivity contribution in [3.05, 3.63) is 70.7 Å². The zero-order valence-corrected chi connectivity index (χ0v) is 14.7. The van der Waals surface area contributed by atoms with Gasteiger partial charge in [-0.25, -0.2) is 4.98 Å². The standard InChI is InChI=1S/C19H17N7O/c1-27-15-6-7-18-17(12-15)23-19(16-9-11-21-24-16)26(18)14-4-2-13(3-5-14)8-10-22-25-20/h2-7,9,11-12H,8,10H2,1H3,(H,21,24). The van der Waals surface area contributed by atoms with E-state index in [9.17, 15) is 0 Å². The van der Waals surface area contributed by atoms with Crippen LogP contribution in [0.5, 0.6) is 5.75 Å². The van der Waals surface area contributed by atoms with E-state index in [1.54, 1.807) is 13.3 Å². The predicted molar refractivity (Wildman–Crippen MR) is 103 cm³/mol. The van der Waals surface area contributed by atoms with Gasteiger partial charge in [0.15, 0.2) is 5.82 Å². The van der Waals surface area contributed by atoms with E-state index < -0.39 is 0 Å². The number of nitrogens with one attached hydrogen (secondary N) is 1. The van der Waals surface area contributed by atoms with Gasteiger partial charge in [-0.3, -0.25) is 9.67 Å². The largest absolute Gasteiger partial charge is 0.497 e. The van der Waals surface area contributed by atoms with E-state index >= 15 is 0 Å². The second kappa shape index (κ2) is 7.23. The Morgan fingerprint density at radius 3 is 2.74 bits per heavy atom. The lowest BCUT2D eigenvalue weighted by Gasteiger charge is -2.09. The zero-order valence-electron chi connectivity index (χ0n) is 14.7. The first-order valence-electron chi connectivity index (χ1n) is 8.46. The maximum atomic E-state index is 8.40. The van der Waals surface area contributed by atoms with Crippen LogP contribution in [0.25, 0.3) is 38.7 Å². The van der Waals surface area contributed by atoms with E-state index in [1.165, 1.54) is 0 Å². The molecule has 0 aliphatic heterocycles. The molecule has 2 aromatic carbocycles. The lowest BCUT2D eigenvalue weighted by molar-refractivity contribution is 0.415. The molecule has 0 saturated heterocycles. The molecule has 8 nitrogen and oxygen atoms in total. The monoisotopic (exact) mass is 359 g/mol. The molecule has 0 aliphatic carbocycles. The minimum absolute atomic E-state index is 0.447. The number of benzene rings is 2. The summed E-state index contributed by atoms with van der Waals surface area (Å²) in [4.78, 5) is 7.57. The molecule has 0 unspecified atom stereocenters. The summed E-state index contributed by atoms with van der Waals surface area (Å²) in [6.07, 6.45) is 2.41. The molecular weight excluding hydrogens is 342 g/mol. The third-order valence-electron chi connectivity index (χ3n) is 4.36. The summed E-state index contributed by atoms with van der Waals surface area (Å²) < 4.78 is 7.41. The highest BCUT2D eigenvalue weighted by Crippen LogP contribution is 2.29. The van der Waals surface area contributed by atoms with Gasteiger partial charge in [0, 0.05) is 29.4 Å². The molecule has 134 valence electrons. The van der Waals surface area contributed by atoms with Crippen LogP contribution in [-0.2, 0) is 6.42 Å². The number of azide groups is 1. The van der Waals surface area contributed by atoms with Gasteiger partial charge >= 0.3 is 0 Å². The van der Waals surface area contributed by atoms with Crippen LogP contribution in [-0.4, -0.2) is 33.4 Å². The lowest BCUT2D eigenvalue weighted by atomic mass is 10.1. The van der Waals surface area contributed by atoms with Gasteiger partial charge in [-0.15, -0.1) is 0 Å². The Balaban J connectivity index is 1.82. The van der Waals surface area contributed by atoms with Crippen molar-refractivity contribution in [3.8, 4) is 23.0 Å². The second-order valence-electron chi connectivity index (χ2n) is 5.97. The normalized spacial score (nSPS) is 10.7. The minimum Gasteiger partial charge on any atom is -0.497 e. The van der Waals surface area contributed by atoms with Crippen molar-refractivity contribution in [1.29, 1.82) is 0 Å². The summed E-state index contributed by atoms with van der Waals surface area (Å²) >= 11 is 0. The maximum absolute atomic E-state index is 8.40. The van der Waals surface area contributed by atoms with Crippen LogP contribution in [0, 0.1) is 0 Å². The zero-order chi connectivity index (χ0) is 18.6. The van der Waals surface area contributed by atoms with Crippen LogP contribution in [0.2, 0.25) is 0 Å². The first kappa shape index (κ1) is 16.7. The SMILES string of the molecule is COc1ccc2c(c1)nc(-c1ccn[nH]1)n2-c1ccc(CCN=[N+]=[N-])cc1. The quantitative estimate of drug-likeness (QED) is 0.315. The molecule has 0 fully saturated rings. The molecule has 27 heavy (non-hydrogen) atoms. The van der Waals surface area contributed by atoms with E-state index in [1.807, 2.05) is 48.5 Å². The highest BCUT2D eigenvalue weighted by Gasteiger charge is 2.15. The number of fused-ring (bicyclic) bond motifs is 1. The van der Waals surface area contributed by atoms with Crippen molar-refractivity contribution in [2.24, 2.45) is 5.11 Å². The number of hydrogen-bond acceptors (Lipinski definition) is 4. The van der Waals surface area contributed by atoms with Crippen molar-refractivity contribution < 1.29 is 4.74 Å². The highest BCUT2D eigenvalue weighted by atomic mass is 16.5. The van der Waals surface area contributed by atoms with Crippen LogP contribution in [0.15, 0.2) is 59.8 Å². The smallest absolute Gasteiger partial charge is 0.163 e. The first-order valence-corrected chi connectivity index (χ1v) is 8.46. The summed E-state index contributed by atoms with van der Waals surface area (Å²) in [5.41, 5.74) is 13.1. The third kappa shape index (κ3) is 3.21. The van der Waals surface area contributed by atoms with Gasteiger partial charge < -0.3 is 4.74 Å². The Kier molecular flexibility index (Phi) is 4.47. The van der Waals surface area contributed by atoms with Crippen LogP contribution in [0.1, 0.15) is 5.56 Å². The molecule has 2 heterocycles. The van der Waals surface area contributed by atoms with E-state index in [0.29, 0.717) is 13.0 Å². The van der Waals surface area contributed by atoms with Crippen molar-refractivity contribution in [1.82, 2.24) is 19.7 Å². The van der Waals surface area contributed by atoms with Gasteiger partial charge in [0.2, 0.25) is 0 Å². The fraction of sp³-hybridized carbons (Fsp3) is 0.158. The molecule has 4 rings (SSSR count). The fourth-order valence-electron chi connectivity index (χ4n) is 3.05.